The Balaban J connectivity index is 1.88. The van der Waals surface area contributed by atoms with Crippen molar-refractivity contribution in [3.63, 3.8) is 0 Å². The third-order valence-electron chi connectivity index (χ3n) is 7.14. The molecule has 0 aromatic carbocycles. The smallest absolute Gasteiger partial charge is 0.333 e. The predicted molar refractivity (Wildman–Crippen MR) is 149 cm³/mol. The highest BCUT2D eigenvalue weighted by molar-refractivity contribution is 5.69. The third-order valence-corrected chi connectivity index (χ3v) is 7.14. The van der Waals surface area contributed by atoms with Crippen molar-refractivity contribution in [1.82, 2.24) is 9.71 Å². The van der Waals surface area contributed by atoms with Crippen molar-refractivity contribution >= 4 is 5.97 Å². The first kappa shape index (κ1) is 31.4. The molecule has 1 rings (SSSR count). The van der Waals surface area contributed by atoms with Crippen LogP contribution in [0.25, 0.3) is 0 Å². The van der Waals surface area contributed by atoms with Gasteiger partial charge in [0.05, 0.1) is 12.6 Å². The number of unbranched alkanes of at least 4 members (excludes halogenated alkanes) is 18. The summed E-state index contributed by atoms with van der Waals surface area (Å²) in [6.07, 6.45) is 36.9. The van der Waals surface area contributed by atoms with Gasteiger partial charge in [0.2, 0.25) is 0 Å². The van der Waals surface area contributed by atoms with Crippen LogP contribution in [0.3, 0.4) is 0 Å². The van der Waals surface area contributed by atoms with E-state index in [9.17, 15) is 4.79 Å². The maximum atomic E-state index is 12.2. The maximum absolute atomic E-state index is 12.2. The molecule has 0 fully saturated rings. The second kappa shape index (κ2) is 24.1. The van der Waals surface area contributed by atoms with E-state index in [4.69, 9.17) is 4.84 Å². The molecule has 1 atom stereocenters. The van der Waals surface area contributed by atoms with E-state index in [2.05, 4.69) is 18.5 Å². The minimum Gasteiger partial charge on any atom is -0.336 e. The SMILES string of the molecule is C=CCCC(CCCCCCCCCCCCCCCCCCCCC)CC(=O)On1ccnc1. The highest BCUT2D eigenvalue weighted by Gasteiger charge is 2.15. The molecule has 4 heteroatoms. The zero-order valence-electron chi connectivity index (χ0n) is 23.1. The number of hydrogen-bond donors (Lipinski definition) is 0. The van der Waals surface area contributed by atoms with E-state index in [0.717, 1.165) is 19.3 Å². The van der Waals surface area contributed by atoms with Crippen molar-refractivity contribution in [2.45, 2.75) is 155 Å². The van der Waals surface area contributed by atoms with Crippen LogP contribution in [0.15, 0.2) is 31.4 Å². The number of imidazole rings is 1. The summed E-state index contributed by atoms with van der Waals surface area (Å²) in [6, 6.07) is 0. The van der Waals surface area contributed by atoms with Gasteiger partial charge in [-0.3, -0.25) is 0 Å². The number of carbonyl (C=O) groups excluding carboxylic acids is 1. The average Bonchev–Trinajstić information content (AvgIpc) is 3.36. The van der Waals surface area contributed by atoms with Crippen molar-refractivity contribution in [3.05, 3.63) is 31.4 Å². The Labute approximate surface area is 217 Å². The van der Waals surface area contributed by atoms with E-state index in [1.807, 2.05) is 6.08 Å². The summed E-state index contributed by atoms with van der Waals surface area (Å²) in [6.45, 7) is 6.12. The van der Waals surface area contributed by atoms with Crippen molar-refractivity contribution < 1.29 is 9.63 Å². The summed E-state index contributed by atoms with van der Waals surface area (Å²) in [5, 5.41) is 0. The number of aromatic nitrogens is 2. The molecule has 4 nitrogen and oxygen atoms in total. The predicted octanol–water partition coefficient (Wildman–Crippen LogP) is 9.63. The summed E-state index contributed by atoms with van der Waals surface area (Å²) >= 11 is 0. The van der Waals surface area contributed by atoms with Gasteiger partial charge in [-0.05, 0) is 25.2 Å². The van der Waals surface area contributed by atoms with Crippen LogP contribution in [-0.4, -0.2) is 15.7 Å². The molecule has 1 aromatic heterocycles. The first-order valence-corrected chi connectivity index (χ1v) is 15.1. The van der Waals surface area contributed by atoms with E-state index in [0.29, 0.717) is 12.3 Å². The number of allylic oxidation sites excluding steroid dienone is 1. The molecule has 0 amide bonds. The molecule has 0 aliphatic rings. The van der Waals surface area contributed by atoms with Gasteiger partial charge in [-0.15, -0.1) is 6.58 Å². The summed E-state index contributed by atoms with van der Waals surface area (Å²) in [7, 11) is 0. The van der Waals surface area contributed by atoms with Gasteiger partial charge in [-0.1, -0.05) is 135 Å². The quantitative estimate of drug-likeness (QED) is 0.0962. The molecule has 0 saturated heterocycles. The van der Waals surface area contributed by atoms with E-state index in [1.165, 1.54) is 133 Å². The van der Waals surface area contributed by atoms with Crippen LogP contribution >= 0.6 is 0 Å². The minimum atomic E-state index is -0.171. The first-order chi connectivity index (χ1) is 17.3. The van der Waals surface area contributed by atoms with Gasteiger partial charge in [0.1, 0.15) is 6.33 Å². The van der Waals surface area contributed by atoms with E-state index >= 15 is 0 Å². The zero-order valence-corrected chi connectivity index (χ0v) is 23.1. The molecule has 0 N–H and O–H groups in total. The Bertz CT molecular complexity index is 585. The summed E-state index contributed by atoms with van der Waals surface area (Å²) in [5.41, 5.74) is 0. The molecule has 1 aromatic rings. The van der Waals surface area contributed by atoms with Crippen molar-refractivity contribution in [2.75, 3.05) is 0 Å². The lowest BCUT2D eigenvalue weighted by Crippen LogP contribution is -2.21. The van der Waals surface area contributed by atoms with Crippen molar-refractivity contribution in [1.29, 1.82) is 0 Å². The third kappa shape index (κ3) is 20.3. The summed E-state index contributed by atoms with van der Waals surface area (Å²) in [4.78, 5) is 21.4. The van der Waals surface area contributed by atoms with Gasteiger partial charge in [0.15, 0.2) is 0 Å². The molecule has 35 heavy (non-hydrogen) atoms. The monoisotopic (exact) mass is 488 g/mol. The molecule has 1 unspecified atom stereocenters. The van der Waals surface area contributed by atoms with Crippen LogP contribution in [0.5, 0.6) is 0 Å². The molecule has 0 radical (unpaired) electrons. The minimum absolute atomic E-state index is 0.171. The van der Waals surface area contributed by atoms with Crippen LogP contribution in [0.2, 0.25) is 0 Å². The molecule has 0 spiro atoms. The fourth-order valence-electron chi connectivity index (χ4n) is 4.90. The van der Waals surface area contributed by atoms with Gasteiger partial charge in [-0.2, -0.15) is 4.73 Å². The van der Waals surface area contributed by atoms with Gasteiger partial charge in [-0.25, -0.2) is 9.78 Å². The Kier molecular flexibility index (Phi) is 21.7. The largest absolute Gasteiger partial charge is 0.336 e. The van der Waals surface area contributed by atoms with E-state index < -0.39 is 0 Å². The van der Waals surface area contributed by atoms with E-state index in [-0.39, 0.29) is 5.97 Å². The second-order valence-corrected chi connectivity index (χ2v) is 10.5. The molecule has 0 bridgehead atoms. The Morgan fingerprint density at radius 1 is 0.800 bits per heavy atom. The Morgan fingerprint density at radius 3 is 1.71 bits per heavy atom. The van der Waals surface area contributed by atoms with Crippen molar-refractivity contribution in [3.8, 4) is 0 Å². The van der Waals surface area contributed by atoms with Crippen LogP contribution in [0.1, 0.15) is 155 Å². The second-order valence-electron chi connectivity index (χ2n) is 10.5. The molecule has 0 aliphatic heterocycles. The molecule has 1 heterocycles. The topological polar surface area (TPSA) is 44.1 Å². The summed E-state index contributed by atoms with van der Waals surface area (Å²) < 4.78 is 1.38. The number of nitrogens with zero attached hydrogens (tertiary/aromatic N) is 2. The van der Waals surface area contributed by atoms with E-state index in [1.54, 1.807) is 12.4 Å². The normalized spacial score (nSPS) is 12.0. The van der Waals surface area contributed by atoms with Crippen molar-refractivity contribution in [2.24, 2.45) is 5.92 Å². The molecular formula is C31H56N2O2. The molecular weight excluding hydrogens is 432 g/mol. The highest BCUT2D eigenvalue weighted by atomic mass is 16.7. The molecule has 0 aliphatic carbocycles. The number of hydrogen-bond acceptors (Lipinski definition) is 3. The van der Waals surface area contributed by atoms with Crippen LogP contribution in [0.4, 0.5) is 0 Å². The number of carbonyl (C=O) groups is 1. The Morgan fingerprint density at radius 2 is 1.29 bits per heavy atom. The lowest BCUT2D eigenvalue weighted by Gasteiger charge is -2.15. The van der Waals surface area contributed by atoms with Gasteiger partial charge in [0.25, 0.3) is 0 Å². The maximum Gasteiger partial charge on any atom is 0.333 e. The summed E-state index contributed by atoms with van der Waals surface area (Å²) in [5.74, 6) is 0.213. The lowest BCUT2D eigenvalue weighted by atomic mass is 9.92. The highest BCUT2D eigenvalue weighted by Crippen LogP contribution is 2.21. The standard InChI is InChI=1S/C31H56N2O2/c1-3-5-7-8-9-10-11-12-13-14-15-16-17-18-19-20-21-22-23-25-30(24-6-4-2)28-31(34)35-33-27-26-32-29-33/h4,26-27,29-30H,2-3,5-25,28H2,1H3. The lowest BCUT2D eigenvalue weighted by molar-refractivity contribution is -0.145. The number of rotatable bonds is 26. The first-order valence-electron chi connectivity index (χ1n) is 15.1. The Hall–Kier alpha value is -1.58. The van der Waals surface area contributed by atoms with Gasteiger partial charge >= 0.3 is 5.97 Å². The van der Waals surface area contributed by atoms with Gasteiger partial charge < -0.3 is 4.84 Å². The molecule has 202 valence electrons. The molecule has 0 saturated carbocycles. The zero-order chi connectivity index (χ0) is 25.2. The van der Waals surface area contributed by atoms with Gasteiger partial charge in [0, 0.05) is 6.20 Å². The fourth-order valence-corrected chi connectivity index (χ4v) is 4.90. The fraction of sp³-hybridized carbons (Fsp3) is 0.806. The average molecular weight is 489 g/mol. The van der Waals surface area contributed by atoms with Crippen LogP contribution in [0, 0.1) is 5.92 Å². The van der Waals surface area contributed by atoms with Crippen LogP contribution < -0.4 is 4.84 Å². The van der Waals surface area contributed by atoms with Crippen LogP contribution in [-0.2, 0) is 4.79 Å².